The van der Waals surface area contributed by atoms with Crippen LogP contribution in [-0.2, 0) is 0 Å². The summed E-state index contributed by atoms with van der Waals surface area (Å²) in [4.78, 5) is 0. The minimum absolute atomic E-state index is 0.101. The van der Waals surface area contributed by atoms with Crippen molar-refractivity contribution in [1.29, 1.82) is 0 Å². The zero-order valence-electron chi connectivity index (χ0n) is 9.47. The van der Waals surface area contributed by atoms with Crippen LogP contribution in [0.2, 0.25) is 0 Å². The van der Waals surface area contributed by atoms with Crippen molar-refractivity contribution < 1.29 is 5.11 Å². The lowest BCUT2D eigenvalue weighted by Crippen LogP contribution is -2.55. The van der Waals surface area contributed by atoms with Gasteiger partial charge in [-0.3, -0.25) is 0 Å². The summed E-state index contributed by atoms with van der Waals surface area (Å²) >= 11 is 0. The molecule has 0 heterocycles. The van der Waals surface area contributed by atoms with Gasteiger partial charge < -0.3 is 10.4 Å². The summed E-state index contributed by atoms with van der Waals surface area (Å²) in [5.41, 5.74) is 0.635. The van der Waals surface area contributed by atoms with E-state index in [1.807, 2.05) is 0 Å². The number of aliphatic hydroxyl groups is 1. The first kappa shape index (κ1) is 10.4. The molecule has 0 amide bonds. The highest BCUT2D eigenvalue weighted by molar-refractivity contribution is 5.03. The molecule has 2 nitrogen and oxygen atoms in total. The minimum atomic E-state index is 0.101. The number of rotatable bonds is 5. The molecule has 0 aliphatic heterocycles. The largest absolute Gasteiger partial charge is 0.394 e. The second-order valence-corrected chi connectivity index (χ2v) is 5.61. The quantitative estimate of drug-likeness (QED) is 0.706. The molecule has 0 bridgehead atoms. The van der Waals surface area contributed by atoms with Gasteiger partial charge in [0.2, 0.25) is 0 Å². The summed E-state index contributed by atoms with van der Waals surface area (Å²) in [6.45, 7) is 6.07. The molecular formula is C12H23NO. The molecule has 2 N–H and O–H groups in total. The Labute approximate surface area is 87.1 Å². The molecule has 82 valence electrons. The van der Waals surface area contributed by atoms with E-state index >= 15 is 0 Å². The fourth-order valence-corrected chi connectivity index (χ4v) is 2.74. The van der Waals surface area contributed by atoms with E-state index in [-0.39, 0.29) is 5.54 Å². The van der Waals surface area contributed by atoms with Crippen molar-refractivity contribution in [3.05, 3.63) is 0 Å². The lowest BCUT2D eigenvalue weighted by molar-refractivity contribution is 0.0829. The molecule has 2 aliphatic rings. The zero-order valence-corrected chi connectivity index (χ0v) is 9.47. The van der Waals surface area contributed by atoms with E-state index in [1.165, 1.54) is 19.3 Å². The molecule has 2 heteroatoms. The summed E-state index contributed by atoms with van der Waals surface area (Å²) < 4.78 is 0. The number of hydrogen-bond donors (Lipinski definition) is 2. The molecule has 0 saturated heterocycles. The van der Waals surface area contributed by atoms with E-state index in [0.717, 1.165) is 25.3 Å². The fourth-order valence-electron chi connectivity index (χ4n) is 2.74. The Balaban J connectivity index is 1.77. The molecule has 2 aliphatic carbocycles. The van der Waals surface area contributed by atoms with E-state index in [1.54, 1.807) is 0 Å². The highest BCUT2D eigenvalue weighted by atomic mass is 16.3. The lowest BCUT2D eigenvalue weighted by atomic mass is 9.77. The van der Waals surface area contributed by atoms with Gasteiger partial charge in [0.25, 0.3) is 0 Å². The third-order valence-corrected chi connectivity index (χ3v) is 4.51. The molecule has 2 fully saturated rings. The van der Waals surface area contributed by atoms with Crippen molar-refractivity contribution in [2.45, 2.75) is 51.5 Å². The maximum absolute atomic E-state index is 9.31. The minimum Gasteiger partial charge on any atom is -0.394 e. The van der Waals surface area contributed by atoms with Crippen LogP contribution in [0.3, 0.4) is 0 Å². The molecule has 2 atom stereocenters. The average molecular weight is 197 g/mol. The number of hydrogen-bond acceptors (Lipinski definition) is 2. The Morgan fingerprint density at radius 2 is 2.14 bits per heavy atom. The maximum Gasteiger partial charge on any atom is 0.0613 e. The van der Waals surface area contributed by atoms with Gasteiger partial charge in [-0.25, -0.2) is 0 Å². The van der Waals surface area contributed by atoms with E-state index in [9.17, 15) is 5.11 Å². The second kappa shape index (κ2) is 3.49. The van der Waals surface area contributed by atoms with Gasteiger partial charge in [0, 0.05) is 12.1 Å². The summed E-state index contributed by atoms with van der Waals surface area (Å²) in [5, 5.41) is 12.9. The lowest BCUT2D eigenvalue weighted by Gasteiger charge is -2.42. The molecule has 14 heavy (non-hydrogen) atoms. The summed E-state index contributed by atoms with van der Waals surface area (Å²) in [7, 11) is 0. The normalized spacial score (nSPS) is 39.2. The Kier molecular flexibility index (Phi) is 2.61. The van der Waals surface area contributed by atoms with Gasteiger partial charge in [-0.15, -0.1) is 0 Å². The van der Waals surface area contributed by atoms with Crippen molar-refractivity contribution >= 4 is 0 Å². The van der Waals surface area contributed by atoms with Crippen LogP contribution in [0.25, 0.3) is 0 Å². The third kappa shape index (κ3) is 1.70. The Bertz CT molecular complexity index is 207. The van der Waals surface area contributed by atoms with Crippen LogP contribution in [-0.4, -0.2) is 23.8 Å². The van der Waals surface area contributed by atoms with Gasteiger partial charge in [0.05, 0.1) is 6.61 Å². The first-order valence-electron chi connectivity index (χ1n) is 6.00. The Morgan fingerprint density at radius 3 is 2.50 bits per heavy atom. The molecule has 2 rings (SSSR count). The molecule has 2 unspecified atom stereocenters. The number of nitrogens with one attached hydrogen (secondary N) is 1. The second-order valence-electron chi connectivity index (χ2n) is 5.61. The molecule has 0 aromatic carbocycles. The van der Waals surface area contributed by atoms with E-state index < -0.39 is 0 Å². The van der Waals surface area contributed by atoms with Gasteiger partial charge in [-0.1, -0.05) is 20.3 Å². The van der Waals surface area contributed by atoms with Gasteiger partial charge in [0.1, 0.15) is 0 Å². The molecule has 2 saturated carbocycles. The SMILES string of the molecule is CCC1CC1(C)CNC1(CO)CCC1. The highest BCUT2D eigenvalue weighted by Gasteiger charge is 2.49. The van der Waals surface area contributed by atoms with Gasteiger partial charge in [-0.05, 0) is 37.0 Å². The Morgan fingerprint density at radius 1 is 1.43 bits per heavy atom. The highest BCUT2D eigenvalue weighted by Crippen LogP contribution is 2.54. The van der Waals surface area contributed by atoms with Crippen molar-refractivity contribution in [3.8, 4) is 0 Å². The molecule has 0 radical (unpaired) electrons. The van der Waals surface area contributed by atoms with Gasteiger partial charge >= 0.3 is 0 Å². The first-order valence-corrected chi connectivity index (χ1v) is 6.00. The van der Waals surface area contributed by atoms with E-state index in [2.05, 4.69) is 19.2 Å². The predicted octanol–water partition coefficient (Wildman–Crippen LogP) is 1.93. The van der Waals surface area contributed by atoms with Crippen molar-refractivity contribution in [2.24, 2.45) is 11.3 Å². The van der Waals surface area contributed by atoms with Crippen LogP contribution in [0.5, 0.6) is 0 Å². The summed E-state index contributed by atoms with van der Waals surface area (Å²) in [5.74, 6) is 0.922. The zero-order chi connectivity index (χ0) is 10.2. The van der Waals surface area contributed by atoms with Crippen LogP contribution in [0, 0.1) is 11.3 Å². The maximum atomic E-state index is 9.31. The Hall–Kier alpha value is -0.0800. The topological polar surface area (TPSA) is 32.3 Å². The van der Waals surface area contributed by atoms with Gasteiger partial charge in [-0.2, -0.15) is 0 Å². The molecule has 0 spiro atoms. The number of aliphatic hydroxyl groups excluding tert-OH is 1. The van der Waals surface area contributed by atoms with Gasteiger partial charge in [0.15, 0.2) is 0 Å². The predicted molar refractivity (Wildman–Crippen MR) is 58.2 cm³/mol. The standard InChI is InChI=1S/C12H23NO/c1-3-10-7-11(10,2)8-13-12(9-14)5-4-6-12/h10,13-14H,3-9H2,1-2H3. The fraction of sp³-hybridized carbons (Fsp3) is 1.00. The molecule has 0 aromatic rings. The smallest absolute Gasteiger partial charge is 0.0613 e. The van der Waals surface area contributed by atoms with Crippen LogP contribution < -0.4 is 5.32 Å². The molecular weight excluding hydrogens is 174 g/mol. The molecule has 0 aromatic heterocycles. The summed E-state index contributed by atoms with van der Waals surface area (Å²) in [6.07, 6.45) is 6.29. The van der Waals surface area contributed by atoms with Crippen LogP contribution >= 0.6 is 0 Å². The monoisotopic (exact) mass is 197 g/mol. The van der Waals surface area contributed by atoms with Crippen LogP contribution in [0.15, 0.2) is 0 Å². The van der Waals surface area contributed by atoms with Crippen molar-refractivity contribution in [3.63, 3.8) is 0 Å². The van der Waals surface area contributed by atoms with E-state index in [4.69, 9.17) is 0 Å². The average Bonchev–Trinajstić information content (AvgIpc) is 2.77. The summed E-state index contributed by atoms with van der Waals surface area (Å²) in [6, 6.07) is 0. The van der Waals surface area contributed by atoms with E-state index in [0.29, 0.717) is 12.0 Å². The van der Waals surface area contributed by atoms with Crippen LogP contribution in [0.1, 0.15) is 46.0 Å². The first-order chi connectivity index (χ1) is 6.64. The third-order valence-electron chi connectivity index (χ3n) is 4.51. The van der Waals surface area contributed by atoms with Crippen molar-refractivity contribution in [1.82, 2.24) is 5.32 Å². The van der Waals surface area contributed by atoms with Crippen LogP contribution in [0.4, 0.5) is 0 Å². The van der Waals surface area contributed by atoms with Crippen molar-refractivity contribution in [2.75, 3.05) is 13.2 Å².